The summed E-state index contributed by atoms with van der Waals surface area (Å²) < 4.78 is 7.32. The minimum absolute atomic E-state index is 0.270. The summed E-state index contributed by atoms with van der Waals surface area (Å²) in [5.41, 5.74) is 1.58. The van der Waals surface area contributed by atoms with Gasteiger partial charge >= 0.3 is 0 Å². The zero-order valence-electron chi connectivity index (χ0n) is 17.9. The van der Waals surface area contributed by atoms with E-state index in [9.17, 15) is 5.26 Å². The number of hydrogen-bond acceptors (Lipinski definition) is 7. The normalized spacial score (nSPS) is 25.8. The number of hydrogen-bond donors (Lipinski definition) is 0. The van der Waals surface area contributed by atoms with Crippen molar-refractivity contribution in [3.05, 3.63) is 36.0 Å². The fourth-order valence-electron chi connectivity index (χ4n) is 5.63. The average Bonchev–Trinajstić information content (AvgIpc) is 3.38. The van der Waals surface area contributed by atoms with Crippen molar-refractivity contribution in [1.29, 1.82) is 5.26 Å². The highest BCUT2D eigenvalue weighted by Crippen LogP contribution is 2.53. The molecule has 0 amide bonds. The number of methoxy groups -OCH3 is 1. The fraction of sp³-hybridized carbons (Fsp3) is 0.522. The number of aromatic nitrogens is 5. The van der Waals surface area contributed by atoms with Crippen LogP contribution in [0.4, 0.5) is 5.82 Å². The first kappa shape index (κ1) is 18.7. The molecule has 3 aromatic rings. The molecule has 7 rings (SSSR count). The molecular formula is C23H25N7O. The van der Waals surface area contributed by atoms with Gasteiger partial charge in [0.2, 0.25) is 0 Å². The van der Waals surface area contributed by atoms with Gasteiger partial charge in [-0.05, 0) is 45.1 Å². The van der Waals surface area contributed by atoms with E-state index in [1.54, 1.807) is 7.11 Å². The lowest BCUT2D eigenvalue weighted by Gasteiger charge is -2.36. The minimum Gasteiger partial charge on any atom is -0.384 e. The predicted octanol–water partition coefficient (Wildman–Crippen LogP) is 3.08. The molecule has 0 spiro atoms. The molecule has 2 saturated carbocycles. The Bertz CT molecular complexity index is 1220. The number of nitrogens with zero attached hydrogens (tertiary/aromatic N) is 7. The summed E-state index contributed by atoms with van der Waals surface area (Å²) in [5, 5.41) is 15.3. The van der Waals surface area contributed by atoms with Gasteiger partial charge < -0.3 is 9.64 Å². The van der Waals surface area contributed by atoms with Gasteiger partial charge in [0, 0.05) is 42.8 Å². The predicted molar refractivity (Wildman–Crippen MR) is 115 cm³/mol. The van der Waals surface area contributed by atoms with Crippen molar-refractivity contribution in [2.75, 3.05) is 25.2 Å². The largest absolute Gasteiger partial charge is 0.384 e. The van der Waals surface area contributed by atoms with E-state index in [2.05, 4.69) is 26.0 Å². The van der Waals surface area contributed by atoms with E-state index in [4.69, 9.17) is 9.72 Å². The van der Waals surface area contributed by atoms with Crippen molar-refractivity contribution in [1.82, 2.24) is 24.7 Å². The molecule has 8 nitrogen and oxygen atoms in total. The maximum absolute atomic E-state index is 9.73. The van der Waals surface area contributed by atoms with Crippen molar-refractivity contribution >= 4 is 16.7 Å². The van der Waals surface area contributed by atoms with Gasteiger partial charge in [-0.15, -0.1) is 0 Å². The first-order valence-corrected chi connectivity index (χ1v) is 10.9. The van der Waals surface area contributed by atoms with Crippen molar-refractivity contribution in [3.8, 4) is 11.9 Å². The molecule has 5 heterocycles. The summed E-state index contributed by atoms with van der Waals surface area (Å²) in [5.74, 6) is 2.43. The van der Waals surface area contributed by atoms with E-state index in [-0.39, 0.29) is 5.41 Å². The Morgan fingerprint density at radius 2 is 2.00 bits per heavy atom. The summed E-state index contributed by atoms with van der Waals surface area (Å²) in [7, 11) is 1.78. The van der Waals surface area contributed by atoms with Crippen LogP contribution < -0.4 is 4.90 Å². The number of aryl methyl sites for hydroxylation is 1. The van der Waals surface area contributed by atoms with E-state index in [0.717, 1.165) is 79.3 Å². The number of rotatable bonds is 5. The Labute approximate surface area is 180 Å². The minimum atomic E-state index is -0.456. The molecule has 0 atom stereocenters. The van der Waals surface area contributed by atoms with Gasteiger partial charge in [0.1, 0.15) is 11.6 Å². The number of fused-ring (bicyclic) bond motifs is 2. The van der Waals surface area contributed by atoms with Crippen LogP contribution >= 0.6 is 0 Å². The molecule has 2 aliphatic heterocycles. The number of ether oxygens (including phenoxy) is 1. The van der Waals surface area contributed by atoms with Gasteiger partial charge in [-0.1, -0.05) is 0 Å². The summed E-state index contributed by atoms with van der Waals surface area (Å²) in [6.45, 7) is 3.70. The van der Waals surface area contributed by atoms with E-state index in [0.29, 0.717) is 6.04 Å². The molecule has 2 bridgehead atoms. The van der Waals surface area contributed by atoms with Crippen LogP contribution in [0.15, 0.2) is 24.5 Å². The van der Waals surface area contributed by atoms with Crippen LogP contribution in [0.5, 0.6) is 0 Å². The zero-order valence-corrected chi connectivity index (χ0v) is 17.9. The van der Waals surface area contributed by atoms with Gasteiger partial charge in [-0.25, -0.2) is 14.6 Å². The number of nitriles is 1. The van der Waals surface area contributed by atoms with Gasteiger partial charge in [-0.2, -0.15) is 10.4 Å². The second-order valence-electron chi connectivity index (χ2n) is 9.49. The van der Waals surface area contributed by atoms with Crippen LogP contribution in [-0.2, 0) is 10.2 Å². The SMILES string of the molecule is COCC12CC(C1)N(c1cc(-n3ncc4cnc(C5(C#N)CCC5)cc43)nc(C)n1)C2. The molecule has 4 fully saturated rings. The van der Waals surface area contributed by atoms with Gasteiger partial charge in [-0.3, -0.25) is 4.98 Å². The number of pyridine rings is 1. The molecule has 0 aromatic carbocycles. The van der Waals surface area contributed by atoms with E-state index < -0.39 is 5.41 Å². The lowest BCUT2D eigenvalue weighted by molar-refractivity contribution is 0.0521. The van der Waals surface area contributed by atoms with Crippen LogP contribution in [0, 0.1) is 23.7 Å². The molecule has 158 valence electrons. The van der Waals surface area contributed by atoms with Crippen LogP contribution in [0.2, 0.25) is 0 Å². The highest BCUT2D eigenvalue weighted by Gasteiger charge is 2.55. The Morgan fingerprint density at radius 1 is 1.19 bits per heavy atom. The maximum atomic E-state index is 9.73. The molecule has 2 aliphatic carbocycles. The molecule has 8 heteroatoms. The van der Waals surface area contributed by atoms with Gasteiger partial charge in [0.25, 0.3) is 0 Å². The summed E-state index contributed by atoms with van der Waals surface area (Å²) in [6, 6.07) is 7.06. The van der Waals surface area contributed by atoms with Crippen molar-refractivity contribution in [2.45, 2.75) is 50.5 Å². The highest BCUT2D eigenvalue weighted by molar-refractivity contribution is 5.80. The van der Waals surface area contributed by atoms with Crippen LogP contribution in [0.3, 0.4) is 0 Å². The van der Waals surface area contributed by atoms with Crippen LogP contribution in [-0.4, -0.2) is 51.0 Å². The Morgan fingerprint density at radius 3 is 2.71 bits per heavy atom. The molecule has 0 radical (unpaired) electrons. The standard InChI is InChI=1S/C23H25N7O/c1-15-27-20(29-13-22(14-31-2)8-17(29)9-22)7-21(28-15)30-18-6-19(23(12-24)4-3-5-23)25-10-16(18)11-26-30/h6-7,10-11,17H,3-5,8-9,13-14H2,1-2H3. The number of anilines is 1. The third kappa shape index (κ3) is 2.69. The first-order valence-electron chi connectivity index (χ1n) is 10.9. The van der Waals surface area contributed by atoms with Crippen LogP contribution in [0.25, 0.3) is 16.7 Å². The van der Waals surface area contributed by atoms with Gasteiger partial charge in [0.15, 0.2) is 5.82 Å². The van der Waals surface area contributed by atoms with E-state index >= 15 is 0 Å². The molecule has 0 unspecified atom stereocenters. The zero-order chi connectivity index (χ0) is 21.2. The topological polar surface area (TPSA) is 92.8 Å². The molecule has 31 heavy (non-hydrogen) atoms. The third-order valence-electron chi connectivity index (χ3n) is 7.42. The Hall–Kier alpha value is -3.05. The molecular weight excluding hydrogens is 390 g/mol. The molecule has 4 aliphatic rings. The highest BCUT2D eigenvalue weighted by atomic mass is 16.5. The van der Waals surface area contributed by atoms with Crippen molar-refractivity contribution in [3.63, 3.8) is 0 Å². The van der Waals surface area contributed by atoms with E-state index in [1.165, 1.54) is 0 Å². The van der Waals surface area contributed by atoms with Crippen LogP contribution in [0.1, 0.15) is 43.6 Å². The molecule has 2 saturated heterocycles. The second-order valence-corrected chi connectivity index (χ2v) is 9.49. The summed E-state index contributed by atoms with van der Waals surface area (Å²) in [4.78, 5) is 16.4. The smallest absolute Gasteiger partial charge is 0.159 e. The van der Waals surface area contributed by atoms with Gasteiger partial charge in [0.05, 0.1) is 35.5 Å². The monoisotopic (exact) mass is 415 g/mol. The average molecular weight is 416 g/mol. The summed E-state index contributed by atoms with van der Waals surface area (Å²) in [6.07, 6.45) is 8.76. The third-order valence-corrected chi connectivity index (χ3v) is 7.42. The Balaban J connectivity index is 1.39. The van der Waals surface area contributed by atoms with Crippen molar-refractivity contribution < 1.29 is 4.74 Å². The maximum Gasteiger partial charge on any atom is 0.159 e. The lowest BCUT2D eigenvalue weighted by atomic mass is 9.67. The second kappa shape index (κ2) is 6.47. The first-order chi connectivity index (χ1) is 15.0. The quantitative estimate of drug-likeness (QED) is 0.632. The summed E-state index contributed by atoms with van der Waals surface area (Å²) >= 11 is 0. The molecule has 0 N–H and O–H groups in total. The lowest BCUT2D eigenvalue weighted by Crippen LogP contribution is -2.37. The fourth-order valence-corrected chi connectivity index (χ4v) is 5.63. The molecule has 3 aromatic heterocycles. The Kier molecular flexibility index (Phi) is 3.90. The van der Waals surface area contributed by atoms with E-state index in [1.807, 2.05) is 36.1 Å². The van der Waals surface area contributed by atoms with Crippen molar-refractivity contribution in [2.24, 2.45) is 5.41 Å².